The second-order valence-electron chi connectivity index (χ2n) is 8.38. The third-order valence-electron chi connectivity index (χ3n) is 5.79. The van der Waals surface area contributed by atoms with Gasteiger partial charge in [0.2, 0.25) is 5.91 Å². The van der Waals surface area contributed by atoms with Crippen LogP contribution in [0.2, 0.25) is 5.02 Å². The fourth-order valence-corrected chi connectivity index (χ4v) is 4.48. The Labute approximate surface area is 200 Å². The number of hydrogen-bond donors (Lipinski definition) is 1. The molecule has 0 bridgehead atoms. The Hall–Kier alpha value is -2.87. The van der Waals surface area contributed by atoms with Gasteiger partial charge in [0.15, 0.2) is 12.4 Å². The summed E-state index contributed by atoms with van der Waals surface area (Å²) in [4.78, 5) is 38.4. The van der Waals surface area contributed by atoms with Crippen molar-refractivity contribution in [1.29, 1.82) is 0 Å². The number of alkyl halides is 3. The maximum absolute atomic E-state index is 13.1. The zero-order valence-electron chi connectivity index (χ0n) is 18.8. The molecule has 182 valence electrons. The molecule has 2 unspecified atom stereocenters. The van der Waals surface area contributed by atoms with E-state index in [1.807, 2.05) is 6.07 Å². The zero-order chi connectivity index (χ0) is 25.0. The number of amides is 1. The van der Waals surface area contributed by atoms with E-state index in [4.69, 9.17) is 16.3 Å². The van der Waals surface area contributed by atoms with Crippen LogP contribution in [0.1, 0.15) is 47.9 Å². The van der Waals surface area contributed by atoms with Gasteiger partial charge < -0.3 is 10.1 Å². The minimum Gasteiger partial charge on any atom is -0.484 e. The quantitative estimate of drug-likeness (QED) is 0.517. The molecule has 5 nitrogen and oxygen atoms in total. The number of aryl methyl sites for hydroxylation is 2. The van der Waals surface area contributed by atoms with E-state index in [0.717, 1.165) is 5.56 Å². The molecule has 1 fully saturated rings. The van der Waals surface area contributed by atoms with Gasteiger partial charge in [-0.25, -0.2) is 0 Å². The van der Waals surface area contributed by atoms with Crippen LogP contribution in [0, 0.1) is 12.8 Å². The highest BCUT2D eigenvalue weighted by Gasteiger charge is 2.44. The maximum atomic E-state index is 13.1. The molecule has 1 aliphatic rings. The van der Waals surface area contributed by atoms with Gasteiger partial charge in [-0.3, -0.25) is 14.4 Å². The van der Waals surface area contributed by atoms with Gasteiger partial charge in [-0.05, 0) is 59.9 Å². The summed E-state index contributed by atoms with van der Waals surface area (Å²) in [6.07, 6.45) is -4.24. The highest BCUT2D eigenvalue weighted by molar-refractivity contribution is 6.30. The SMILES string of the molecule is CCc1cc(OCC(F)(F)F)cc(C)c1C1C(=O)CC(CC(=O)NCc2cccc(Cl)c2)C1=O. The van der Waals surface area contributed by atoms with Crippen LogP contribution in [0.4, 0.5) is 13.2 Å². The molecule has 2 atom stereocenters. The number of Topliss-reactive ketones (excluding diaryl/α,β-unsaturated/α-hetero) is 2. The van der Waals surface area contributed by atoms with Crippen molar-refractivity contribution in [3.05, 3.63) is 63.7 Å². The molecule has 1 aliphatic carbocycles. The van der Waals surface area contributed by atoms with Gasteiger partial charge in [-0.2, -0.15) is 13.2 Å². The molecule has 3 rings (SSSR count). The molecule has 9 heteroatoms. The number of benzene rings is 2. The van der Waals surface area contributed by atoms with Crippen LogP contribution >= 0.6 is 11.6 Å². The van der Waals surface area contributed by atoms with Crippen LogP contribution in [0.3, 0.4) is 0 Å². The predicted molar refractivity (Wildman–Crippen MR) is 121 cm³/mol. The molecule has 0 aliphatic heterocycles. The Morgan fingerprint density at radius 1 is 1.21 bits per heavy atom. The van der Waals surface area contributed by atoms with Crippen molar-refractivity contribution in [2.75, 3.05) is 6.61 Å². The zero-order valence-corrected chi connectivity index (χ0v) is 19.6. The van der Waals surface area contributed by atoms with Crippen molar-refractivity contribution in [3.8, 4) is 5.75 Å². The van der Waals surface area contributed by atoms with Gasteiger partial charge in [0.25, 0.3) is 0 Å². The van der Waals surface area contributed by atoms with E-state index in [0.29, 0.717) is 28.1 Å². The molecule has 1 amide bonds. The van der Waals surface area contributed by atoms with Crippen molar-refractivity contribution >= 4 is 29.1 Å². The normalized spacial score (nSPS) is 18.3. The van der Waals surface area contributed by atoms with E-state index in [1.54, 1.807) is 32.0 Å². The summed E-state index contributed by atoms with van der Waals surface area (Å²) < 4.78 is 42.4. The lowest BCUT2D eigenvalue weighted by atomic mass is 9.85. The van der Waals surface area contributed by atoms with E-state index >= 15 is 0 Å². The second kappa shape index (κ2) is 10.6. The van der Waals surface area contributed by atoms with Crippen molar-refractivity contribution in [2.45, 2.75) is 51.7 Å². The summed E-state index contributed by atoms with van der Waals surface area (Å²) >= 11 is 5.94. The van der Waals surface area contributed by atoms with Crippen LogP contribution in [-0.2, 0) is 27.3 Å². The molecule has 34 heavy (non-hydrogen) atoms. The van der Waals surface area contributed by atoms with Crippen molar-refractivity contribution in [2.24, 2.45) is 5.92 Å². The average Bonchev–Trinajstić information content (AvgIpc) is 3.02. The Balaban J connectivity index is 1.71. The molecule has 0 saturated heterocycles. The first kappa shape index (κ1) is 25.7. The number of ketones is 2. The third-order valence-corrected chi connectivity index (χ3v) is 6.02. The first-order valence-electron chi connectivity index (χ1n) is 10.9. The summed E-state index contributed by atoms with van der Waals surface area (Å²) in [5.41, 5.74) is 2.39. The molecule has 1 saturated carbocycles. The van der Waals surface area contributed by atoms with Gasteiger partial charge in [-0.15, -0.1) is 0 Å². The summed E-state index contributed by atoms with van der Waals surface area (Å²) in [6.45, 7) is 2.25. The lowest BCUT2D eigenvalue weighted by Crippen LogP contribution is -2.27. The highest BCUT2D eigenvalue weighted by atomic mass is 35.5. The van der Waals surface area contributed by atoms with E-state index in [-0.39, 0.29) is 42.6 Å². The van der Waals surface area contributed by atoms with Crippen molar-refractivity contribution < 1.29 is 32.3 Å². The molecular formula is C25H25ClF3NO4. The number of nitrogens with one attached hydrogen (secondary N) is 1. The van der Waals surface area contributed by atoms with Gasteiger partial charge in [0.05, 0.1) is 0 Å². The number of ether oxygens (including phenoxy) is 1. The van der Waals surface area contributed by atoms with Crippen LogP contribution in [0.25, 0.3) is 0 Å². The molecular weight excluding hydrogens is 471 g/mol. The van der Waals surface area contributed by atoms with E-state index in [2.05, 4.69) is 5.32 Å². The minimum atomic E-state index is -4.48. The van der Waals surface area contributed by atoms with Gasteiger partial charge in [0.1, 0.15) is 17.5 Å². The monoisotopic (exact) mass is 495 g/mol. The Morgan fingerprint density at radius 2 is 1.94 bits per heavy atom. The highest BCUT2D eigenvalue weighted by Crippen LogP contribution is 2.39. The maximum Gasteiger partial charge on any atom is 0.422 e. The summed E-state index contributed by atoms with van der Waals surface area (Å²) in [7, 11) is 0. The number of carbonyl (C=O) groups excluding carboxylic acids is 3. The number of halogens is 4. The molecule has 2 aromatic rings. The van der Waals surface area contributed by atoms with E-state index in [1.165, 1.54) is 12.1 Å². The number of hydrogen-bond acceptors (Lipinski definition) is 4. The van der Waals surface area contributed by atoms with Crippen LogP contribution in [-0.4, -0.2) is 30.3 Å². The predicted octanol–water partition coefficient (Wildman–Crippen LogP) is 5.10. The Kier molecular flexibility index (Phi) is 8.02. The second-order valence-corrected chi connectivity index (χ2v) is 8.82. The van der Waals surface area contributed by atoms with Gasteiger partial charge in [-0.1, -0.05) is 30.7 Å². The number of carbonyl (C=O) groups is 3. The number of rotatable bonds is 8. The topological polar surface area (TPSA) is 72.5 Å². The largest absolute Gasteiger partial charge is 0.484 e. The van der Waals surface area contributed by atoms with Crippen LogP contribution in [0.5, 0.6) is 5.75 Å². The van der Waals surface area contributed by atoms with Gasteiger partial charge in [0, 0.05) is 30.3 Å². The summed E-state index contributed by atoms with van der Waals surface area (Å²) in [5.74, 6) is -2.73. The first-order chi connectivity index (χ1) is 16.0. The Morgan fingerprint density at radius 3 is 2.59 bits per heavy atom. The third kappa shape index (κ3) is 6.38. The molecule has 0 heterocycles. The molecule has 2 aromatic carbocycles. The lowest BCUT2D eigenvalue weighted by molar-refractivity contribution is -0.153. The summed E-state index contributed by atoms with van der Waals surface area (Å²) in [5, 5.41) is 3.29. The van der Waals surface area contributed by atoms with Crippen molar-refractivity contribution in [1.82, 2.24) is 5.32 Å². The standard InChI is InChI=1S/C25H25ClF3NO4/c1-3-16-9-19(34-13-25(27,28)29)7-14(2)22(16)23-20(31)10-17(24(23)33)11-21(32)30-12-15-5-4-6-18(26)8-15/h4-9,17,23H,3,10-13H2,1-2H3,(H,30,32). The first-order valence-corrected chi connectivity index (χ1v) is 11.3. The van der Waals surface area contributed by atoms with Crippen molar-refractivity contribution in [3.63, 3.8) is 0 Å². The molecule has 0 spiro atoms. The Bertz CT molecular complexity index is 1100. The van der Waals surface area contributed by atoms with E-state index < -0.39 is 24.6 Å². The van der Waals surface area contributed by atoms with Crippen LogP contribution < -0.4 is 10.1 Å². The fourth-order valence-electron chi connectivity index (χ4n) is 4.26. The smallest absolute Gasteiger partial charge is 0.422 e. The molecule has 0 aromatic heterocycles. The average molecular weight is 496 g/mol. The fraction of sp³-hybridized carbons (Fsp3) is 0.400. The molecule has 0 radical (unpaired) electrons. The lowest BCUT2D eigenvalue weighted by Gasteiger charge is -2.19. The minimum absolute atomic E-state index is 0.0327. The van der Waals surface area contributed by atoms with Crippen LogP contribution in [0.15, 0.2) is 36.4 Å². The summed E-state index contributed by atoms with van der Waals surface area (Å²) in [6, 6.07) is 9.87. The van der Waals surface area contributed by atoms with E-state index in [9.17, 15) is 27.6 Å². The molecule has 1 N–H and O–H groups in total. The van der Waals surface area contributed by atoms with Gasteiger partial charge >= 0.3 is 6.18 Å².